The molecule has 0 fully saturated rings. The minimum absolute atomic E-state index is 0.00717. The molecule has 6 nitrogen and oxygen atoms in total. The summed E-state index contributed by atoms with van der Waals surface area (Å²) in [5, 5.41) is 10.2. The van der Waals surface area contributed by atoms with E-state index in [1.807, 2.05) is 6.07 Å². The van der Waals surface area contributed by atoms with Crippen molar-refractivity contribution in [1.82, 2.24) is 14.3 Å². The van der Waals surface area contributed by atoms with Gasteiger partial charge in [-0.25, -0.2) is 17.2 Å². The molecule has 4 rings (SSSR count). The van der Waals surface area contributed by atoms with Gasteiger partial charge in [0.25, 0.3) is 0 Å². The van der Waals surface area contributed by atoms with Crippen LogP contribution < -0.4 is 4.72 Å². The van der Waals surface area contributed by atoms with E-state index >= 15 is 0 Å². The highest BCUT2D eigenvalue weighted by atomic mass is 32.2. The number of aryl methyl sites for hydroxylation is 1. The van der Waals surface area contributed by atoms with Gasteiger partial charge in [-0.15, -0.1) is 0 Å². The number of alkyl halides is 3. The van der Waals surface area contributed by atoms with Gasteiger partial charge < -0.3 is 4.57 Å². The largest absolute Gasteiger partial charge is 0.404 e. The normalized spacial score (nSPS) is 13.0. The number of halogens is 5. The Kier molecular flexibility index (Phi) is 6.79. The first-order valence-electron chi connectivity index (χ1n) is 11.0. The Balaban J connectivity index is 1.93. The van der Waals surface area contributed by atoms with Crippen LogP contribution >= 0.6 is 0 Å². The van der Waals surface area contributed by atoms with Crippen LogP contribution in [0.25, 0.3) is 28.0 Å². The van der Waals surface area contributed by atoms with E-state index in [-0.39, 0.29) is 22.3 Å². The van der Waals surface area contributed by atoms with Crippen LogP contribution in [0.2, 0.25) is 0 Å². The maximum Gasteiger partial charge on any atom is 0.404 e. The Morgan fingerprint density at radius 1 is 1.14 bits per heavy atom. The van der Waals surface area contributed by atoms with Crippen molar-refractivity contribution in [3.63, 3.8) is 0 Å². The highest BCUT2D eigenvalue weighted by Crippen LogP contribution is 2.37. The number of hydrogen-bond donors (Lipinski definition) is 1. The molecule has 2 aromatic heterocycles. The maximum absolute atomic E-state index is 14.7. The topological polar surface area (TPSA) is 87.8 Å². The van der Waals surface area contributed by atoms with Crippen molar-refractivity contribution >= 4 is 20.9 Å². The molecule has 0 saturated heterocycles. The number of sulfonamides is 1. The summed E-state index contributed by atoms with van der Waals surface area (Å²) in [5.74, 6) is -1.10. The monoisotopic (exact) mass is 534 g/mol. The number of rotatable bonds is 6. The average Bonchev–Trinajstić information content (AvgIpc) is 3.15. The molecule has 192 valence electrons. The zero-order chi connectivity index (χ0) is 27.1. The van der Waals surface area contributed by atoms with Crippen molar-refractivity contribution in [2.75, 3.05) is 0 Å². The minimum atomic E-state index is -4.79. The Labute approximate surface area is 209 Å². The predicted molar refractivity (Wildman–Crippen MR) is 126 cm³/mol. The number of fused-ring (bicyclic) bond motifs is 1. The highest BCUT2D eigenvalue weighted by molar-refractivity contribution is 7.89. The van der Waals surface area contributed by atoms with Crippen molar-refractivity contribution < 1.29 is 30.4 Å². The average molecular weight is 535 g/mol. The molecule has 0 bridgehead atoms. The third-order valence-electron chi connectivity index (χ3n) is 5.81. The second-order valence-electron chi connectivity index (χ2n) is 8.23. The van der Waals surface area contributed by atoms with E-state index in [1.165, 1.54) is 34.9 Å². The fourth-order valence-electron chi connectivity index (χ4n) is 3.91. The summed E-state index contributed by atoms with van der Waals surface area (Å²) in [7, 11) is -4.57. The second-order valence-corrected chi connectivity index (χ2v) is 9.94. The van der Waals surface area contributed by atoms with Gasteiger partial charge >= 0.3 is 6.18 Å². The molecule has 0 aliphatic rings. The number of hydrogen-bond acceptors (Lipinski definition) is 4. The third-order valence-corrected chi connectivity index (χ3v) is 7.33. The molecule has 2 aromatic carbocycles. The molecule has 1 N–H and O–H groups in total. The smallest absolute Gasteiger partial charge is 0.306 e. The lowest BCUT2D eigenvalue weighted by atomic mass is 10.1. The van der Waals surface area contributed by atoms with Gasteiger partial charge in [0.1, 0.15) is 28.6 Å². The summed E-state index contributed by atoms with van der Waals surface area (Å²) in [6, 6.07) is 10.1. The Morgan fingerprint density at radius 2 is 1.86 bits per heavy atom. The van der Waals surface area contributed by atoms with Gasteiger partial charge in [-0.2, -0.15) is 23.2 Å². The number of nitrogens with zero attached hydrogens (tertiary/aromatic N) is 3. The van der Waals surface area contributed by atoms with Gasteiger partial charge in [0, 0.05) is 17.3 Å². The van der Waals surface area contributed by atoms with Crippen LogP contribution in [0.4, 0.5) is 22.0 Å². The van der Waals surface area contributed by atoms with Crippen molar-refractivity contribution in [2.24, 2.45) is 0 Å². The van der Waals surface area contributed by atoms with Crippen molar-refractivity contribution in [3.05, 3.63) is 77.5 Å². The van der Waals surface area contributed by atoms with E-state index in [0.29, 0.717) is 30.1 Å². The van der Waals surface area contributed by atoms with Gasteiger partial charge in [0.15, 0.2) is 0 Å². The van der Waals surface area contributed by atoms with Crippen LogP contribution in [-0.2, 0) is 16.4 Å². The molecule has 12 heteroatoms. The molecule has 4 aromatic rings. The minimum Gasteiger partial charge on any atom is -0.306 e. The lowest BCUT2D eigenvalue weighted by molar-refractivity contribution is -0.147. The van der Waals surface area contributed by atoms with E-state index in [4.69, 9.17) is 0 Å². The zero-order valence-corrected chi connectivity index (χ0v) is 20.3. The van der Waals surface area contributed by atoms with Gasteiger partial charge in [-0.05, 0) is 61.4 Å². The number of benzene rings is 2. The molecule has 0 radical (unpaired) electrons. The predicted octanol–water partition coefficient (Wildman–Crippen LogP) is 5.63. The zero-order valence-electron chi connectivity index (χ0n) is 19.4. The van der Waals surface area contributed by atoms with Crippen LogP contribution in [0.15, 0.2) is 59.6 Å². The summed E-state index contributed by atoms with van der Waals surface area (Å²) in [6.45, 7) is 2.42. The van der Waals surface area contributed by atoms with E-state index in [0.717, 1.165) is 12.3 Å². The summed E-state index contributed by atoms with van der Waals surface area (Å²) in [4.78, 5) is 3.57. The van der Waals surface area contributed by atoms with Crippen LogP contribution in [0.3, 0.4) is 0 Å². The SMILES string of the molecule is CCc1cc2c(cc1F)c(C#N)c(-c1ccc(S(=O)(=O)N[C@@H](C)C(F)(F)F)cn1)n2-c1cccc(F)c1. The lowest BCUT2D eigenvalue weighted by Crippen LogP contribution is -2.42. The van der Waals surface area contributed by atoms with E-state index in [9.17, 15) is 35.6 Å². The molecular weight excluding hydrogens is 515 g/mol. The van der Waals surface area contributed by atoms with E-state index < -0.39 is 38.8 Å². The van der Waals surface area contributed by atoms with Crippen LogP contribution in [-0.4, -0.2) is 30.2 Å². The number of nitriles is 1. The molecule has 0 aliphatic heterocycles. The van der Waals surface area contributed by atoms with Gasteiger partial charge in [-0.1, -0.05) is 13.0 Å². The van der Waals surface area contributed by atoms with Crippen LogP contribution in [0.5, 0.6) is 0 Å². The highest BCUT2D eigenvalue weighted by Gasteiger charge is 2.39. The fourth-order valence-corrected chi connectivity index (χ4v) is 5.08. The first-order valence-corrected chi connectivity index (χ1v) is 12.4. The quantitative estimate of drug-likeness (QED) is 0.325. The molecule has 0 aliphatic carbocycles. The summed E-state index contributed by atoms with van der Waals surface area (Å²) in [5.41, 5.74) is 1.27. The Morgan fingerprint density at radius 3 is 2.43 bits per heavy atom. The maximum atomic E-state index is 14.7. The molecule has 1 atom stereocenters. The van der Waals surface area contributed by atoms with Crippen LogP contribution in [0, 0.1) is 23.0 Å². The van der Waals surface area contributed by atoms with Crippen molar-refractivity contribution in [3.8, 4) is 23.1 Å². The summed E-state index contributed by atoms with van der Waals surface area (Å²) in [6.07, 6.45) is -3.59. The van der Waals surface area contributed by atoms with Crippen molar-refractivity contribution in [1.29, 1.82) is 5.26 Å². The molecular formula is C25H19F5N4O2S. The number of pyridine rings is 1. The molecule has 0 unspecified atom stereocenters. The van der Waals surface area contributed by atoms with Crippen molar-refractivity contribution in [2.45, 2.75) is 37.4 Å². The lowest BCUT2D eigenvalue weighted by Gasteiger charge is -2.17. The van der Waals surface area contributed by atoms with Gasteiger partial charge in [0.05, 0.1) is 22.5 Å². The molecule has 0 saturated carbocycles. The summed E-state index contributed by atoms with van der Waals surface area (Å²) < 4.78 is 95.3. The van der Waals surface area contributed by atoms with E-state index in [2.05, 4.69) is 4.98 Å². The number of aromatic nitrogens is 2. The Bertz CT molecular complexity index is 1640. The molecule has 37 heavy (non-hydrogen) atoms. The second kappa shape index (κ2) is 9.57. The van der Waals surface area contributed by atoms with Crippen LogP contribution in [0.1, 0.15) is 25.0 Å². The molecule has 0 amide bonds. The first kappa shape index (κ1) is 26.2. The molecule has 2 heterocycles. The first-order chi connectivity index (χ1) is 17.4. The third kappa shape index (κ3) is 4.92. The Hall–Kier alpha value is -3.82. The molecule has 0 spiro atoms. The van der Waals surface area contributed by atoms with Gasteiger partial charge in [-0.3, -0.25) is 4.98 Å². The van der Waals surface area contributed by atoms with Gasteiger partial charge in [0.2, 0.25) is 10.0 Å². The standard InChI is InChI=1S/C25H19F5N4O2S/c1-3-15-9-23-19(11-21(15)27)20(12-31)24(34(23)17-6-4-5-16(26)10-17)22-8-7-18(13-32-22)37(35,36)33-14(2)25(28,29)30/h4-11,13-14,33H,3H2,1-2H3/t14-/m0/s1. The fraction of sp³-hybridized carbons (Fsp3) is 0.200. The summed E-state index contributed by atoms with van der Waals surface area (Å²) >= 11 is 0. The number of nitrogens with one attached hydrogen (secondary N) is 1. The van der Waals surface area contributed by atoms with E-state index in [1.54, 1.807) is 23.8 Å².